The van der Waals surface area contributed by atoms with E-state index in [1.165, 1.54) is 38.2 Å². The van der Waals surface area contributed by atoms with Crippen molar-refractivity contribution >= 4 is 39.0 Å². The van der Waals surface area contributed by atoms with E-state index in [2.05, 4.69) is 90.8 Å². The van der Waals surface area contributed by atoms with Gasteiger partial charge in [-0.2, -0.15) is 0 Å². The summed E-state index contributed by atoms with van der Waals surface area (Å²) < 4.78 is 0. The molecule has 0 saturated heterocycles. The summed E-state index contributed by atoms with van der Waals surface area (Å²) in [6, 6.07) is 21.6. The number of rotatable bonds is 2. The lowest BCUT2D eigenvalue weighted by molar-refractivity contribution is 1.24. The van der Waals surface area contributed by atoms with Gasteiger partial charge in [0, 0.05) is 11.8 Å². The molecule has 6 rings (SSSR count). The summed E-state index contributed by atoms with van der Waals surface area (Å²) in [5.74, 6) is 0. The first kappa shape index (κ1) is 19.6. The van der Waals surface area contributed by atoms with Gasteiger partial charge in [0.25, 0.3) is 0 Å². The highest BCUT2D eigenvalue weighted by molar-refractivity contribution is 6.18. The van der Waals surface area contributed by atoms with Crippen LogP contribution in [0.4, 0.5) is 0 Å². The Labute approximate surface area is 194 Å². The van der Waals surface area contributed by atoms with Gasteiger partial charge in [0.15, 0.2) is 0 Å². The highest BCUT2D eigenvalue weighted by Crippen LogP contribution is 2.37. The molecule has 0 amide bonds. The van der Waals surface area contributed by atoms with Gasteiger partial charge in [-0.1, -0.05) is 78.4 Å². The van der Waals surface area contributed by atoms with E-state index in [1.807, 2.05) is 24.4 Å². The van der Waals surface area contributed by atoms with Crippen LogP contribution in [0, 0.1) is 6.92 Å². The van der Waals surface area contributed by atoms with Gasteiger partial charge in [-0.25, -0.2) is 4.99 Å². The Balaban J connectivity index is 1.57. The van der Waals surface area contributed by atoms with Crippen molar-refractivity contribution in [3.05, 3.63) is 125 Å². The molecule has 0 radical (unpaired) electrons. The number of hydrogen-bond donors (Lipinski definition) is 0. The largest absolute Gasteiger partial charge is 0.255 e. The lowest BCUT2D eigenvalue weighted by Gasteiger charge is -2.15. The third-order valence-corrected chi connectivity index (χ3v) is 6.44. The van der Waals surface area contributed by atoms with Crippen molar-refractivity contribution < 1.29 is 0 Å². The van der Waals surface area contributed by atoms with Crippen molar-refractivity contribution in [2.45, 2.75) is 19.8 Å². The molecule has 0 spiro atoms. The fourth-order valence-corrected chi connectivity index (χ4v) is 4.86. The van der Waals surface area contributed by atoms with Crippen LogP contribution in [-0.2, 0) is 6.42 Å². The van der Waals surface area contributed by atoms with Crippen LogP contribution >= 0.6 is 0 Å². The average molecular weight is 425 g/mol. The molecule has 1 aromatic heterocycles. The second-order valence-electron chi connectivity index (χ2n) is 8.63. The van der Waals surface area contributed by atoms with E-state index in [0.717, 1.165) is 35.5 Å². The average Bonchev–Trinajstić information content (AvgIpc) is 3.24. The number of hydrogen-bond acceptors (Lipinski definition) is 2. The normalized spacial score (nSPS) is 15.5. The lowest BCUT2D eigenvalue weighted by Crippen LogP contribution is -1.98. The second-order valence-corrected chi connectivity index (χ2v) is 8.63. The fourth-order valence-electron chi connectivity index (χ4n) is 4.86. The predicted molar refractivity (Wildman–Crippen MR) is 140 cm³/mol. The lowest BCUT2D eigenvalue weighted by atomic mass is 9.89. The molecule has 2 aliphatic rings. The van der Waals surface area contributed by atoms with Crippen LogP contribution in [0.1, 0.15) is 28.8 Å². The number of pyridine rings is 1. The van der Waals surface area contributed by atoms with Crippen molar-refractivity contribution in [3.8, 4) is 0 Å². The Morgan fingerprint density at radius 2 is 1.67 bits per heavy atom. The zero-order chi connectivity index (χ0) is 22.2. The van der Waals surface area contributed by atoms with Crippen LogP contribution in [0.2, 0.25) is 0 Å². The van der Waals surface area contributed by atoms with Crippen LogP contribution in [-0.4, -0.2) is 10.7 Å². The van der Waals surface area contributed by atoms with E-state index in [-0.39, 0.29) is 0 Å². The van der Waals surface area contributed by atoms with Crippen molar-refractivity contribution in [3.63, 3.8) is 0 Å². The molecule has 2 heteroatoms. The van der Waals surface area contributed by atoms with E-state index in [4.69, 9.17) is 4.99 Å². The molecule has 0 atom stereocenters. The minimum atomic E-state index is 0.847. The van der Waals surface area contributed by atoms with Crippen LogP contribution < -0.4 is 0 Å². The number of aliphatic imine (C=N–C) groups is 1. The summed E-state index contributed by atoms with van der Waals surface area (Å²) in [5, 5.41) is 5.27. The monoisotopic (exact) mass is 424 g/mol. The van der Waals surface area contributed by atoms with E-state index in [1.54, 1.807) is 0 Å². The van der Waals surface area contributed by atoms with Gasteiger partial charge < -0.3 is 0 Å². The molecule has 4 aromatic rings. The number of nitrogens with zero attached hydrogens (tertiary/aromatic N) is 2. The molecule has 1 aliphatic heterocycles. The number of benzene rings is 3. The van der Waals surface area contributed by atoms with Gasteiger partial charge in [0.1, 0.15) is 0 Å². The van der Waals surface area contributed by atoms with Gasteiger partial charge in [0.2, 0.25) is 0 Å². The maximum Gasteiger partial charge on any atom is 0.0883 e. The molecule has 3 aromatic carbocycles. The van der Waals surface area contributed by atoms with E-state index >= 15 is 0 Å². The van der Waals surface area contributed by atoms with Crippen molar-refractivity contribution in [2.75, 3.05) is 0 Å². The van der Waals surface area contributed by atoms with Crippen molar-refractivity contribution in [2.24, 2.45) is 4.99 Å². The zero-order valence-electron chi connectivity index (χ0n) is 18.6. The van der Waals surface area contributed by atoms with E-state index < -0.39 is 0 Å². The third kappa shape index (κ3) is 3.54. The van der Waals surface area contributed by atoms with Crippen LogP contribution in [0.3, 0.4) is 0 Å². The molecule has 0 unspecified atom stereocenters. The zero-order valence-corrected chi connectivity index (χ0v) is 18.6. The molecule has 2 nitrogen and oxygen atoms in total. The summed E-state index contributed by atoms with van der Waals surface area (Å²) in [6.45, 7) is 2.17. The van der Waals surface area contributed by atoms with Crippen LogP contribution in [0.15, 0.2) is 108 Å². The molecule has 0 saturated carbocycles. The first-order valence-electron chi connectivity index (χ1n) is 11.5. The molecule has 1 aliphatic carbocycles. The SMILES string of the molecule is Cc1ccc2c3c(c4ccccc4c2c1)C=C(C1=NC(c2ccccn2)=CCC=C1)C=CC3. The Kier molecular flexibility index (Phi) is 4.84. The Hall–Kier alpha value is -4.04. The molecule has 2 heterocycles. The summed E-state index contributed by atoms with van der Waals surface area (Å²) in [6.07, 6.45) is 16.9. The van der Waals surface area contributed by atoms with Gasteiger partial charge in [-0.3, -0.25) is 4.98 Å². The first-order chi connectivity index (χ1) is 16.3. The quantitative estimate of drug-likeness (QED) is 0.304. The van der Waals surface area contributed by atoms with Gasteiger partial charge >= 0.3 is 0 Å². The van der Waals surface area contributed by atoms with E-state index in [9.17, 15) is 0 Å². The third-order valence-electron chi connectivity index (χ3n) is 6.44. The molecule has 33 heavy (non-hydrogen) atoms. The highest BCUT2D eigenvalue weighted by atomic mass is 14.8. The van der Waals surface area contributed by atoms with Crippen LogP contribution in [0.5, 0.6) is 0 Å². The minimum absolute atomic E-state index is 0.847. The smallest absolute Gasteiger partial charge is 0.0883 e. The summed E-state index contributed by atoms with van der Waals surface area (Å²) in [4.78, 5) is 9.57. The summed E-state index contributed by atoms with van der Waals surface area (Å²) >= 11 is 0. The number of fused-ring (bicyclic) bond motifs is 6. The van der Waals surface area contributed by atoms with Gasteiger partial charge in [-0.15, -0.1) is 0 Å². The van der Waals surface area contributed by atoms with Gasteiger partial charge in [-0.05, 0) is 76.7 Å². The number of aromatic nitrogens is 1. The number of aryl methyl sites for hydroxylation is 1. The summed E-state index contributed by atoms with van der Waals surface area (Å²) in [5.41, 5.74) is 7.91. The standard InChI is InChI=1S/C31H24N2/c1-21-16-17-26-25-12-8-9-22(20-28(25)24-11-3-2-10-23(24)27(26)19-21)29-13-4-5-15-31(33-29)30-14-6-7-18-32-30/h2-4,6-11,13-20H,5,12H2,1H3. The molecular formula is C31H24N2. The minimum Gasteiger partial charge on any atom is -0.255 e. The Morgan fingerprint density at radius 1 is 0.788 bits per heavy atom. The second kappa shape index (κ2) is 8.14. The molecule has 0 fully saturated rings. The summed E-state index contributed by atoms with van der Waals surface area (Å²) in [7, 11) is 0. The number of allylic oxidation sites excluding steroid dienone is 6. The Bertz CT molecular complexity index is 1550. The topological polar surface area (TPSA) is 25.2 Å². The maximum absolute atomic E-state index is 5.05. The predicted octanol–water partition coefficient (Wildman–Crippen LogP) is 7.63. The van der Waals surface area contributed by atoms with E-state index in [0.29, 0.717) is 0 Å². The molecule has 158 valence electrons. The van der Waals surface area contributed by atoms with Crippen molar-refractivity contribution in [1.82, 2.24) is 4.98 Å². The maximum atomic E-state index is 5.05. The molecular weight excluding hydrogens is 400 g/mol. The molecule has 0 bridgehead atoms. The van der Waals surface area contributed by atoms with Crippen molar-refractivity contribution in [1.29, 1.82) is 0 Å². The van der Waals surface area contributed by atoms with Crippen LogP contribution in [0.25, 0.3) is 33.3 Å². The molecule has 0 N–H and O–H groups in total. The fraction of sp³-hybridized carbons (Fsp3) is 0.0968. The Morgan fingerprint density at radius 3 is 2.55 bits per heavy atom. The first-order valence-corrected chi connectivity index (χ1v) is 11.5. The van der Waals surface area contributed by atoms with Gasteiger partial charge in [0.05, 0.1) is 17.1 Å². The highest BCUT2D eigenvalue weighted by Gasteiger charge is 2.16.